The molecule has 0 fully saturated rings. The number of nitrogen functional groups attached to an aromatic ring is 1. The van der Waals surface area contributed by atoms with E-state index in [1.165, 1.54) is 18.2 Å². The van der Waals surface area contributed by atoms with E-state index in [-0.39, 0.29) is 40.6 Å². The van der Waals surface area contributed by atoms with Crippen molar-refractivity contribution in [3.8, 4) is 11.5 Å². The Morgan fingerprint density at radius 1 is 0.921 bits per heavy atom. The van der Waals surface area contributed by atoms with Crippen molar-refractivity contribution in [3.05, 3.63) is 72.8 Å². The summed E-state index contributed by atoms with van der Waals surface area (Å²) >= 11 is 0. The number of nitrogens with zero attached hydrogens (tertiary/aromatic N) is 4. The molecule has 190 valence electrons. The number of phenols is 1. The molecule has 0 unspecified atom stereocenters. The topological polar surface area (TPSA) is 162 Å². The van der Waals surface area contributed by atoms with Gasteiger partial charge in [0.2, 0.25) is 0 Å². The molecule has 0 heterocycles. The molecule has 3 N–H and O–H groups in total. The third kappa shape index (κ3) is 7.15. The largest absolute Gasteiger partial charge is 1.00 e. The second kappa shape index (κ2) is 12.9. The second-order valence-electron chi connectivity index (χ2n) is 8.10. The number of azo groups is 2. The summed E-state index contributed by atoms with van der Waals surface area (Å²) < 4.78 is 41.7. The molecule has 4 rings (SSSR count). The van der Waals surface area contributed by atoms with Crippen molar-refractivity contribution < 1.29 is 52.4 Å². The third-order valence-corrected chi connectivity index (χ3v) is 6.19. The molecule has 0 saturated carbocycles. The van der Waals surface area contributed by atoms with Gasteiger partial charge in [-0.25, -0.2) is 8.42 Å². The summed E-state index contributed by atoms with van der Waals surface area (Å²) in [6, 6.07) is 19.7. The van der Waals surface area contributed by atoms with Gasteiger partial charge in [-0.05, 0) is 54.3 Å². The van der Waals surface area contributed by atoms with Crippen molar-refractivity contribution in [2.24, 2.45) is 20.5 Å². The number of benzene rings is 4. The average Bonchev–Trinajstić information content (AvgIpc) is 2.88. The van der Waals surface area contributed by atoms with Crippen LogP contribution in [0.15, 0.2) is 98.1 Å². The van der Waals surface area contributed by atoms with Crippen molar-refractivity contribution in [1.29, 1.82) is 0 Å². The van der Waals surface area contributed by atoms with Crippen LogP contribution in [-0.4, -0.2) is 24.7 Å². The van der Waals surface area contributed by atoms with Crippen molar-refractivity contribution in [2.45, 2.75) is 24.7 Å². The van der Waals surface area contributed by atoms with Crippen molar-refractivity contribution in [2.75, 3.05) is 12.3 Å². The molecule has 12 heteroatoms. The molecular weight excluding hydrogens is 517 g/mol. The molecule has 0 bridgehead atoms. The molecule has 4 aromatic carbocycles. The van der Waals surface area contributed by atoms with Crippen molar-refractivity contribution in [3.63, 3.8) is 0 Å². The first kappa shape index (κ1) is 29.2. The first-order valence-electron chi connectivity index (χ1n) is 11.4. The molecule has 0 aliphatic heterocycles. The summed E-state index contributed by atoms with van der Waals surface area (Å²) in [4.78, 5) is -0.701. The Kier molecular flexibility index (Phi) is 9.95. The van der Waals surface area contributed by atoms with Crippen LogP contribution in [0.5, 0.6) is 11.5 Å². The van der Waals surface area contributed by atoms with E-state index >= 15 is 0 Å². The summed E-state index contributed by atoms with van der Waals surface area (Å²) in [6.07, 6.45) is 1.70. The van der Waals surface area contributed by atoms with Gasteiger partial charge in [0.1, 0.15) is 27.2 Å². The minimum absolute atomic E-state index is 0. The van der Waals surface area contributed by atoms with E-state index in [4.69, 9.17) is 10.5 Å². The normalized spacial score (nSPS) is 11.7. The number of unbranched alkanes of at least 4 members (excludes halogenated alkanes) is 1. The maximum absolute atomic E-state index is 12.0. The Hall–Kier alpha value is -3.35. The summed E-state index contributed by atoms with van der Waals surface area (Å²) in [7, 11) is -4.98. The van der Waals surface area contributed by atoms with Crippen LogP contribution in [0.1, 0.15) is 19.8 Å². The van der Waals surface area contributed by atoms with Crippen LogP contribution < -0.4 is 40.0 Å². The van der Waals surface area contributed by atoms with Crippen molar-refractivity contribution >= 4 is 49.3 Å². The molecule has 0 aliphatic carbocycles. The van der Waals surface area contributed by atoms with E-state index in [0.29, 0.717) is 34.8 Å². The number of rotatable bonds is 9. The monoisotopic (exact) mass is 541 g/mol. The van der Waals surface area contributed by atoms with Gasteiger partial charge >= 0.3 is 29.6 Å². The summed E-state index contributed by atoms with van der Waals surface area (Å²) in [6.45, 7) is 2.42. The van der Waals surface area contributed by atoms with Crippen LogP contribution >= 0.6 is 0 Å². The van der Waals surface area contributed by atoms with Gasteiger partial charge < -0.3 is 20.1 Å². The summed E-state index contributed by atoms with van der Waals surface area (Å²) in [5.41, 5.74) is 7.09. The van der Waals surface area contributed by atoms with Crippen LogP contribution in [-0.2, 0) is 10.1 Å². The SMILES string of the molecule is CCCCOc1cc(N=Nc2ccccc2)ccc1N=Nc1c(S(=O)(=O)[O-])cc2ccc(N)cc2c1O.[Na+]. The fourth-order valence-electron chi connectivity index (χ4n) is 3.45. The molecule has 0 saturated heterocycles. The van der Waals surface area contributed by atoms with Crippen LogP contribution in [0.4, 0.5) is 28.4 Å². The molecule has 0 atom stereocenters. The maximum atomic E-state index is 12.0. The number of hydrogen-bond donors (Lipinski definition) is 2. The molecule has 38 heavy (non-hydrogen) atoms. The molecule has 0 spiro atoms. The van der Waals surface area contributed by atoms with Gasteiger partial charge in [0.05, 0.1) is 22.9 Å². The summed E-state index contributed by atoms with van der Waals surface area (Å²) in [5.74, 6) is -0.192. The van der Waals surface area contributed by atoms with Gasteiger partial charge in [-0.1, -0.05) is 37.6 Å². The van der Waals surface area contributed by atoms with Gasteiger partial charge in [-0.2, -0.15) is 10.2 Å². The Morgan fingerprint density at radius 2 is 1.66 bits per heavy atom. The minimum atomic E-state index is -4.98. The van der Waals surface area contributed by atoms with Gasteiger partial charge in [0, 0.05) is 17.1 Å². The number of hydrogen-bond acceptors (Lipinski definition) is 10. The zero-order valence-corrected chi connectivity index (χ0v) is 23.7. The zero-order chi connectivity index (χ0) is 26.4. The van der Waals surface area contributed by atoms with Gasteiger partial charge in [-0.15, -0.1) is 10.2 Å². The van der Waals surface area contributed by atoms with E-state index in [1.807, 2.05) is 37.3 Å². The first-order chi connectivity index (χ1) is 17.8. The van der Waals surface area contributed by atoms with Crippen LogP contribution in [0.2, 0.25) is 0 Å². The van der Waals surface area contributed by atoms with E-state index < -0.39 is 26.5 Å². The molecule has 4 aromatic rings. The quantitative estimate of drug-likeness (QED) is 0.107. The Labute approximate surface area is 242 Å². The fraction of sp³-hybridized carbons (Fsp3) is 0.154. The Bertz CT molecular complexity index is 1600. The molecule has 0 aromatic heterocycles. The molecule has 0 amide bonds. The van der Waals surface area contributed by atoms with E-state index in [2.05, 4.69) is 20.5 Å². The predicted molar refractivity (Wildman–Crippen MR) is 140 cm³/mol. The minimum Gasteiger partial charge on any atom is -0.744 e. The molecule has 10 nitrogen and oxygen atoms in total. The third-order valence-electron chi connectivity index (χ3n) is 5.34. The van der Waals surface area contributed by atoms with Crippen LogP contribution in [0, 0.1) is 0 Å². The number of fused-ring (bicyclic) bond motifs is 1. The maximum Gasteiger partial charge on any atom is 1.00 e. The molecule has 0 aliphatic rings. The smallest absolute Gasteiger partial charge is 0.744 e. The average molecular weight is 542 g/mol. The standard InChI is InChI=1S/C26H25N5O5S.Na/c1-2-3-13-36-23-16-20(29-28-19-7-5-4-6-8-19)11-12-22(23)30-31-25-24(37(33,34)35)14-17-9-10-18(27)15-21(17)26(25)32;/h4-12,14-16,32H,2-3,13,27H2,1H3,(H,33,34,35);/q;+1/p-1. The van der Waals surface area contributed by atoms with Crippen LogP contribution in [0.25, 0.3) is 10.8 Å². The van der Waals surface area contributed by atoms with Gasteiger partial charge in [0.15, 0.2) is 5.75 Å². The van der Waals surface area contributed by atoms with E-state index in [0.717, 1.165) is 18.9 Å². The van der Waals surface area contributed by atoms with Crippen LogP contribution in [0.3, 0.4) is 0 Å². The number of nitrogens with two attached hydrogens (primary N) is 1. The Morgan fingerprint density at radius 3 is 2.37 bits per heavy atom. The van der Waals surface area contributed by atoms with Gasteiger partial charge in [-0.3, -0.25) is 0 Å². The second-order valence-corrected chi connectivity index (χ2v) is 9.44. The number of ether oxygens (including phenoxy) is 1. The Balaban J connectivity index is 0.00000400. The van der Waals surface area contributed by atoms with Crippen molar-refractivity contribution in [1.82, 2.24) is 0 Å². The number of phenolic OH excluding ortho intramolecular Hbond substituents is 1. The van der Waals surface area contributed by atoms with E-state index in [9.17, 15) is 18.1 Å². The zero-order valence-electron chi connectivity index (χ0n) is 20.9. The van der Waals surface area contributed by atoms with E-state index in [1.54, 1.807) is 18.2 Å². The molecule has 0 radical (unpaired) electrons. The number of aromatic hydroxyl groups is 1. The molecular formula is C26H24N5NaO5S. The fourth-order valence-corrected chi connectivity index (χ4v) is 4.10. The summed E-state index contributed by atoms with van der Waals surface area (Å²) in [5, 5.41) is 27.8. The van der Waals surface area contributed by atoms with Gasteiger partial charge in [0.25, 0.3) is 0 Å². The predicted octanol–water partition coefficient (Wildman–Crippen LogP) is 4.05. The first-order valence-corrected chi connectivity index (χ1v) is 12.8. The number of anilines is 1.